The molecule has 0 radical (unpaired) electrons. The number of hydrogen-bond donors (Lipinski definition) is 0. The molecule has 0 bridgehead atoms. The molecule has 1 atom stereocenters. The van der Waals surface area contributed by atoms with Crippen LogP contribution in [0, 0.1) is 5.21 Å². The standard InChI is InChI=1S/C16H16N2O/c1-12-14-10-6-7-11-15(14)17(2)16(18(12)19)13-8-4-3-5-9-13/h3-11,16H,1-2H3/t16-/m1/s1. The summed E-state index contributed by atoms with van der Waals surface area (Å²) >= 11 is 0. The van der Waals surface area contributed by atoms with Gasteiger partial charge in [0.2, 0.25) is 0 Å². The molecule has 3 rings (SSSR count). The van der Waals surface area contributed by atoms with E-state index in [1.807, 2.05) is 67.4 Å². The highest BCUT2D eigenvalue weighted by Crippen LogP contribution is 2.33. The number of benzene rings is 2. The smallest absolute Gasteiger partial charge is 0.265 e. The maximum absolute atomic E-state index is 12.5. The second-order valence-corrected chi connectivity index (χ2v) is 4.82. The van der Waals surface area contributed by atoms with Crippen LogP contribution in [0.1, 0.15) is 24.2 Å². The summed E-state index contributed by atoms with van der Waals surface area (Å²) in [6, 6.07) is 17.9. The highest BCUT2D eigenvalue weighted by molar-refractivity contribution is 6.01. The molecule has 0 aromatic heterocycles. The van der Waals surface area contributed by atoms with Gasteiger partial charge in [0.25, 0.3) is 6.17 Å². The van der Waals surface area contributed by atoms with Crippen LogP contribution in [0.4, 0.5) is 5.69 Å². The molecule has 2 aromatic rings. The largest absolute Gasteiger partial charge is 0.622 e. The molecule has 96 valence electrons. The van der Waals surface area contributed by atoms with Crippen LogP contribution in [0.5, 0.6) is 0 Å². The first-order chi connectivity index (χ1) is 9.20. The van der Waals surface area contributed by atoms with Crippen molar-refractivity contribution < 1.29 is 4.74 Å². The highest BCUT2D eigenvalue weighted by atomic mass is 16.5. The Bertz CT molecular complexity index is 634. The van der Waals surface area contributed by atoms with Crippen molar-refractivity contribution in [1.29, 1.82) is 0 Å². The van der Waals surface area contributed by atoms with Gasteiger partial charge >= 0.3 is 0 Å². The maximum atomic E-state index is 12.5. The quantitative estimate of drug-likeness (QED) is 0.576. The lowest BCUT2D eigenvalue weighted by atomic mass is 10.0. The zero-order valence-electron chi connectivity index (χ0n) is 11.1. The summed E-state index contributed by atoms with van der Waals surface area (Å²) < 4.78 is 1.09. The molecule has 1 aliphatic heterocycles. The Kier molecular flexibility index (Phi) is 2.75. The molecule has 0 unspecified atom stereocenters. The minimum absolute atomic E-state index is 0.295. The first kappa shape index (κ1) is 11.8. The fraction of sp³-hybridized carbons (Fsp3) is 0.188. The van der Waals surface area contributed by atoms with Gasteiger partial charge in [-0.3, -0.25) is 0 Å². The predicted molar refractivity (Wildman–Crippen MR) is 77.4 cm³/mol. The van der Waals surface area contributed by atoms with Gasteiger partial charge in [-0.1, -0.05) is 42.5 Å². The van der Waals surface area contributed by atoms with Gasteiger partial charge in [-0.2, -0.15) is 4.74 Å². The Balaban J connectivity index is 2.18. The summed E-state index contributed by atoms with van der Waals surface area (Å²) in [5, 5.41) is 12.5. The van der Waals surface area contributed by atoms with E-state index in [9.17, 15) is 5.21 Å². The lowest BCUT2D eigenvalue weighted by Crippen LogP contribution is -2.38. The van der Waals surface area contributed by atoms with Gasteiger partial charge < -0.3 is 10.1 Å². The second kappa shape index (κ2) is 4.43. The first-order valence-electron chi connectivity index (χ1n) is 6.37. The Morgan fingerprint density at radius 3 is 2.37 bits per heavy atom. The summed E-state index contributed by atoms with van der Waals surface area (Å²) in [5.74, 6) is 0. The van der Waals surface area contributed by atoms with E-state index in [-0.39, 0.29) is 6.17 Å². The molecule has 0 N–H and O–H groups in total. The van der Waals surface area contributed by atoms with Crippen molar-refractivity contribution in [3.63, 3.8) is 0 Å². The van der Waals surface area contributed by atoms with E-state index in [0.717, 1.165) is 27.3 Å². The van der Waals surface area contributed by atoms with Crippen molar-refractivity contribution in [3.8, 4) is 0 Å². The number of hydrogen-bond acceptors (Lipinski definition) is 2. The number of rotatable bonds is 1. The van der Waals surface area contributed by atoms with Crippen LogP contribution in [0.3, 0.4) is 0 Å². The van der Waals surface area contributed by atoms with Gasteiger partial charge in [0.15, 0.2) is 5.71 Å². The molecule has 0 amide bonds. The fourth-order valence-electron chi connectivity index (χ4n) is 2.66. The van der Waals surface area contributed by atoms with Crippen LogP contribution >= 0.6 is 0 Å². The Labute approximate surface area is 113 Å². The summed E-state index contributed by atoms with van der Waals surface area (Å²) in [5.41, 5.74) is 3.88. The van der Waals surface area contributed by atoms with Crippen LogP contribution in [0.2, 0.25) is 0 Å². The van der Waals surface area contributed by atoms with Gasteiger partial charge in [0, 0.05) is 19.5 Å². The van der Waals surface area contributed by atoms with Crippen molar-refractivity contribution in [2.75, 3.05) is 11.9 Å². The normalized spacial score (nSPS) is 18.4. The minimum atomic E-state index is -0.295. The molecule has 0 aliphatic carbocycles. The van der Waals surface area contributed by atoms with Crippen molar-refractivity contribution in [2.45, 2.75) is 13.1 Å². The van der Waals surface area contributed by atoms with E-state index in [0.29, 0.717) is 0 Å². The molecule has 0 fully saturated rings. The average Bonchev–Trinajstić information content (AvgIpc) is 2.46. The second-order valence-electron chi connectivity index (χ2n) is 4.82. The zero-order chi connectivity index (χ0) is 13.4. The molecule has 3 nitrogen and oxygen atoms in total. The van der Waals surface area contributed by atoms with Crippen molar-refractivity contribution >= 4 is 11.4 Å². The predicted octanol–water partition coefficient (Wildman–Crippen LogP) is 3.15. The molecule has 0 spiro atoms. The van der Waals surface area contributed by atoms with E-state index in [2.05, 4.69) is 6.07 Å². The van der Waals surface area contributed by atoms with E-state index >= 15 is 0 Å². The highest BCUT2D eigenvalue weighted by Gasteiger charge is 2.33. The third kappa shape index (κ3) is 1.78. The van der Waals surface area contributed by atoms with Gasteiger partial charge in [-0.05, 0) is 12.1 Å². The SMILES string of the molecule is CC1=[N+]([O-])[C@H](c2ccccc2)N(C)c2ccccc21. The minimum Gasteiger partial charge on any atom is -0.622 e. The lowest BCUT2D eigenvalue weighted by molar-refractivity contribution is -0.508. The summed E-state index contributed by atoms with van der Waals surface area (Å²) in [4.78, 5) is 2.03. The molecule has 0 saturated heterocycles. The molecule has 1 heterocycles. The van der Waals surface area contributed by atoms with E-state index in [4.69, 9.17) is 0 Å². The molecule has 3 heteroatoms. The van der Waals surface area contributed by atoms with Crippen LogP contribution in [-0.4, -0.2) is 17.5 Å². The summed E-state index contributed by atoms with van der Waals surface area (Å²) in [7, 11) is 1.97. The molecule has 2 aromatic carbocycles. The van der Waals surface area contributed by atoms with Gasteiger partial charge in [-0.15, -0.1) is 0 Å². The third-order valence-corrected chi connectivity index (χ3v) is 3.69. The van der Waals surface area contributed by atoms with Crippen LogP contribution < -0.4 is 4.90 Å². The number of nitrogens with zero attached hydrogens (tertiary/aromatic N) is 2. The van der Waals surface area contributed by atoms with Gasteiger partial charge in [0.05, 0.1) is 11.3 Å². The Morgan fingerprint density at radius 1 is 1.00 bits per heavy atom. The number of fused-ring (bicyclic) bond motifs is 1. The summed E-state index contributed by atoms with van der Waals surface area (Å²) in [6.07, 6.45) is -0.295. The maximum Gasteiger partial charge on any atom is 0.265 e. The third-order valence-electron chi connectivity index (χ3n) is 3.69. The lowest BCUT2D eigenvalue weighted by Gasteiger charge is -2.34. The van der Waals surface area contributed by atoms with E-state index < -0.39 is 0 Å². The van der Waals surface area contributed by atoms with Crippen molar-refractivity contribution in [1.82, 2.24) is 0 Å². The Morgan fingerprint density at radius 2 is 1.63 bits per heavy atom. The molecule has 19 heavy (non-hydrogen) atoms. The first-order valence-corrected chi connectivity index (χ1v) is 6.37. The average molecular weight is 252 g/mol. The van der Waals surface area contributed by atoms with Crippen LogP contribution in [-0.2, 0) is 0 Å². The molecular formula is C16H16N2O. The topological polar surface area (TPSA) is 29.3 Å². The van der Waals surface area contributed by atoms with Crippen molar-refractivity contribution in [2.24, 2.45) is 0 Å². The van der Waals surface area contributed by atoms with E-state index in [1.165, 1.54) is 0 Å². The molecular weight excluding hydrogens is 236 g/mol. The fourth-order valence-corrected chi connectivity index (χ4v) is 2.66. The monoisotopic (exact) mass is 252 g/mol. The van der Waals surface area contributed by atoms with Crippen LogP contribution in [0.25, 0.3) is 0 Å². The molecule has 1 aliphatic rings. The number of anilines is 1. The van der Waals surface area contributed by atoms with E-state index in [1.54, 1.807) is 0 Å². The van der Waals surface area contributed by atoms with Crippen molar-refractivity contribution in [3.05, 3.63) is 70.9 Å². The number of para-hydroxylation sites is 1. The Hall–Kier alpha value is -2.29. The van der Waals surface area contributed by atoms with Gasteiger partial charge in [0.1, 0.15) is 0 Å². The van der Waals surface area contributed by atoms with Gasteiger partial charge in [-0.25, -0.2) is 0 Å². The number of hydroxylamine groups is 1. The van der Waals surface area contributed by atoms with Crippen LogP contribution in [0.15, 0.2) is 54.6 Å². The molecule has 0 saturated carbocycles. The summed E-state index contributed by atoms with van der Waals surface area (Å²) in [6.45, 7) is 1.88. The zero-order valence-corrected chi connectivity index (χ0v) is 11.1.